The van der Waals surface area contributed by atoms with Crippen LogP contribution in [0.4, 0.5) is 5.82 Å². The molecular formula is C40H50BrCl2N7O7. The first-order chi connectivity index (χ1) is 27.8. The number of amides is 2. The summed E-state index contributed by atoms with van der Waals surface area (Å²) < 4.78 is 28.1. The minimum Gasteiger partial charge on any atom is -0.486 e. The standard InChI is InChI=1S/C40H50BrCl2N7O7/c1-28(38-33(42)26-44-27-34(38)43)57-31-3-4-35-32(24-31)39(47-46-35)30-2-5-36(45-25-30)48-12-14-50(15-13-48)40(52)29-6-10-49(11-7-29)37(51)8-16-53-18-20-55-22-23-56-21-19-54-17-9-41/h2-5,24-29H,6-23H2,1H3,(H,46,47)/t28-/m1/s1. The van der Waals surface area contributed by atoms with Crippen LogP contribution in [0.15, 0.2) is 48.9 Å². The van der Waals surface area contributed by atoms with Crippen LogP contribution in [0, 0.1) is 5.92 Å². The van der Waals surface area contributed by atoms with Crippen LogP contribution in [0.2, 0.25) is 10.0 Å². The summed E-state index contributed by atoms with van der Waals surface area (Å²) in [5, 5.41) is 10.3. The number of nitrogens with zero attached hydrogens (tertiary/aromatic N) is 6. The highest BCUT2D eigenvalue weighted by Gasteiger charge is 2.32. The van der Waals surface area contributed by atoms with Crippen LogP contribution in [0.1, 0.15) is 37.9 Å². The largest absolute Gasteiger partial charge is 0.486 e. The number of carbonyl (C=O) groups is 2. The quantitative estimate of drug-likeness (QED) is 0.0800. The number of benzene rings is 1. The number of aromatic amines is 1. The molecule has 0 radical (unpaired) electrons. The molecule has 57 heavy (non-hydrogen) atoms. The normalized spacial score (nSPS) is 15.7. The Kier molecular flexibility index (Phi) is 16.6. The van der Waals surface area contributed by atoms with Crippen LogP contribution in [0.5, 0.6) is 5.75 Å². The molecule has 308 valence electrons. The zero-order chi connectivity index (χ0) is 40.0. The zero-order valence-electron chi connectivity index (χ0n) is 32.2. The maximum atomic E-state index is 13.5. The van der Waals surface area contributed by atoms with E-state index in [1.165, 1.54) is 0 Å². The summed E-state index contributed by atoms with van der Waals surface area (Å²) in [6.07, 6.45) is 6.21. The Morgan fingerprint density at radius 1 is 0.825 bits per heavy atom. The van der Waals surface area contributed by atoms with Gasteiger partial charge in [0.15, 0.2) is 0 Å². The number of anilines is 1. The number of hydrogen-bond acceptors (Lipinski definition) is 11. The van der Waals surface area contributed by atoms with Gasteiger partial charge < -0.3 is 38.4 Å². The highest BCUT2D eigenvalue weighted by atomic mass is 79.9. The average molecular weight is 892 g/mol. The summed E-state index contributed by atoms with van der Waals surface area (Å²) in [7, 11) is 0. The topological polar surface area (TPSA) is 144 Å². The Balaban J connectivity index is 0.887. The number of ether oxygens (including phenoxy) is 5. The predicted molar refractivity (Wildman–Crippen MR) is 222 cm³/mol. The number of carbonyl (C=O) groups excluding carboxylic acids is 2. The van der Waals surface area contributed by atoms with Gasteiger partial charge in [0.2, 0.25) is 11.8 Å². The lowest BCUT2D eigenvalue weighted by molar-refractivity contribution is -0.141. The Morgan fingerprint density at radius 3 is 2.11 bits per heavy atom. The van der Waals surface area contributed by atoms with E-state index in [1.807, 2.05) is 53.3 Å². The van der Waals surface area contributed by atoms with Gasteiger partial charge in [0.1, 0.15) is 23.4 Å². The van der Waals surface area contributed by atoms with Gasteiger partial charge in [0.25, 0.3) is 0 Å². The second kappa shape index (κ2) is 22.0. The number of alkyl halides is 1. The van der Waals surface area contributed by atoms with E-state index in [4.69, 9.17) is 51.9 Å². The summed E-state index contributed by atoms with van der Waals surface area (Å²) in [5.41, 5.74) is 3.18. The molecule has 1 aromatic carbocycles. The van der Waals surface area contributed by atoms with Crippen molar-refractivity contribution in [3.8, 4) is 17.0 Å². The van der Waals surface area contributed by atoms with E-state index in [1.54, 1.807) is 12.4 Å². The highest BCUT2D eigenvalue weighted by Crippen LogP contribution is 2.35. The van der Waals surface area contributed by atoms with Crippen LogP contribution >= 0.6 is 39.1 Å². The molecule has 0 saturated carbocycles. The second-order valence-electron chi connectivity index (χ2n) is 13.8. The van der Waals surface area contributed by atoms with Crippen molar-refractivity contribution in [1.29, 1.82) is 0 Å². The van der Waals surface area contributed by atoms with E-state index in [0.717, 1.165) is 33.3 Å². The third-order valence-electron chi connectivity index (χ3n) is 10.1. The van der Waals surface area contributed by atoms with Gasteiger partial charge >= 0.3 is 0 Å². The van der Waals surface area contributed by atoms with Gasteiger partial charge in [-0.3, -0.25) is 19.7 Å². The second-order valence-corrected chi connectivity index (χ2v) is 15.4. The molecule has 2 fully saturated rings. The van der Waals surface area contributed by atoms with Crippen molar-refractivity contribution in [1.82, 2.24) is 30.0 Å². The number of piperidine rings is 1. The number of hydrogen-bond donors (Lipinski definition) is 1. The number of rotatable bonds is 20. The van der Waals surface area contributed by atoms with Gasteiger partial charge in [0, 0.05) is 85.6 Å². The van der Waals surface area contributed by atoms with E-state index in [2.05, 4.69) is 36.0 Å². The lowest BCUT2D eigenvalue weighted by atomic mass is 9.94. The lowest BCUT2D eigenvalue weighted by Gasteiger charge is -2.39. The summed E-state index contributed by atoms with van der Waals surface area (Å²) >= 11 is 16.0. The van der Waals surface area contributed by atoms with Crippen molar-refractivity contribution in [2.45, 2.75) is 32.3 Å². The smallest absolute Gasteiger partial charge is 0.225 e. The molecular weight excluding hydrogens is 841 g/mol. The fourth-order valence-electron chi connectivity index (χ4n) is 7.00. The van der Waals surface area contributed by atoms with E-state index < -0.39 is 6.10 Å². The number of likely N-dealkylation sites (tertiary alicyclic amines) is 1. The van der Waals surface area contributed by atoms with Gasteiger partial charge in [0.05, 0.1) is 74.8 Å². The fraction of sp³-hybridized carbons (Fsp3) is 0.525. The minimum absolute atomic E-state index is 0.0619. The SMILES string of the molecule is C[C@@H](Oc1ccc2[nH]nc(-c3ccc(N4CCN(C(=O)C5CCN(C(=O)CCOCCOCCOCCOCCBr)CC5)CC4)nc3)c2c1)c1c(Cl)cncc1Cl. The van der Waals surface area contributed by atoms with E-state index in [9.17, 15) is 9.59 Å². The first-order valence-corrected chi connectivity index (χ1v) is 21.3. The van der Waals surface area contributed by atoms with Gasteiger partial charge in [-0.25, -0.2) is 4.98 Å². The van der Waals surface area contributed by atoms with E-state index >= 15 is 0 Å². The Labute approximate surface area is 351 Å². The van der Waals surface area contributed by atoms with E-state index in [-0.39, 0.29) is 17.7 Å². The van der Waals surface area contributed by atoms with Gasteiger partial charge in [-0.2, -0.15) is 5.10 Å². The molecule has 1 atom stereocenters. The van der Waals surface area contributed by atoms with Gasteiger partial charge in [-0.1, -0.05) is 39.1 Å². The third-order valence-corrected chi connectivity index (χ3v) is 11.0. The Bertz CT molecular complexity index is 1870. The van der Waals surface area contributed by atoms with Gasteiger partial charge in [-0.05, 0) is 50.1 Å². The number of piperazine rings is 1. The van der Waals surface area contributed by atoms with E-state index in [0.29, 0.717) is 133 Å². The third kappa shape index (κ3) is 12.0. The van der Waals surface area contributed by atoms with Crippen LogP contribution < -0.4 is 9.64 Å². The first-order valence-electron chi connectivity index (χ1n) is 19.4. The number of H-pyrrole nitrogens is 1. The number of aromatic nitrogens is 4. The maximum absolute atomic E-state index is 13.5. The van der Waals surface area contributed by atoms with Crippen molar-refractivity contribution in [2.24, 2.45) is 5.92 Å². The fourth-order valence-corrected chi connectivity index (χ4v) is 7.90. The monoisotopic (exact) mass is 889 g/mol. The molecule has 2 saturated heterocycles. The number of halogens is 3. The molecule has 2 aliphatic heterocycles. The van der Waals surface area contributed by atoms with Crippen LogP contribution in [-0.2, 0) is 28.5 Å². The summed E-state index contributed by atoms with van der Waals surface area (Å²) in [5.74, 6) is 1.67. The molecule has 3 aromatic heterocycles. The minimum atomic E-state index is -0.396. The molecule has 17 heteroatoms. The molecule has 2 aliphatic rings. The molecule has 6 rings (SSSR count). The molecule has 1 N–H and O–H groups in total. The van der Waals surface area contributed by atoms with Crippen molar-refractivity contribution in [2.75, 3.05) is 102 Å². The molecule has 2 amide bonds. The maximum Gasteiger partial charge on any atom is 0.225 e. The molecule has 0 aliphatic carbocycles. The highest BCUT2D eigenvalue weighted by molar-refractivity contribution is 9.09. The molecule has 4 aromatic rings. The summed E-state index contributed by atoms with van der Waals surface area (Å²) in [4.78, 5) is 41.0. The van der Waals surface area contributed by atoms with Crippen LogP contribution in [0.3, 0.4) is 0 Å². The molecule has 0 unspecified atom stereocenters. The van der Waals surface area contributed by atoms with Crippen molar-refractivity contribution in [3.05, 3.63) is 64.5 Å². The zero-order valence-corrected chi connectivity index (χ0v) is 35.3. The summed E-state index contributed by atoms with van der Waals surface area (Å²) in [6, 6.07) is 9.76. The van der Waals surface area contributed by atoms with Crippen molar-refractivity contribution < 1.29 is 33.3 Å². The Morgan fingerprint density at radius 2 is 1.47 bits per heavy atom. The van der Waals surface area contributed by atoms with Crippen LogP contribution in [0.25, 0.3) is 22.2 Å². The summed E-state index contributed by atoms with van der Waals surface area (Å²) in [6.45, 7) is 9.71. The first kappa shape index (κ1) is 43.0. The lowest BCUT2D eigenvalue weighted by Crippen LogP contribution is -2.52. The van der Waals surface area contributed by atoms with Crippen molar-refractivity contribution in [3.63, 3.8) is 0 Å². The molecule has 14 nitrogen and oxygen atoms in total. The van der Waals surface area contributed by atoms with Crippen LogP contribution in [-0.4, -0.2) is 139 Å². The number of pyridine rings is 2. The molecule has 0 spiro atoms. The van der Waals surface area contributed by atoms with Gasteiger partial charge in [-0.15, -0.1) is 0 Å². The average Bonchev–Trinajstić information content (AvgIpc) is 3.65. The van der Waals surface area contributed by atoms with Crippen molar-refractivity contribution >= 4 is 67.7 Å². The predicted octanol–water partition coefficient (Wildman–Crippen LogP) is 6.21. The Hall–Kier alpha value is -3.57. The number of nitrogens with one attached hydrogen (secondary N) is 1. The number of fused-ring (bicyclic) bond motifs is 1. The molecule has 0 bridgehead atoms. The molecule has 5 heterocycles.